The summed E-state index contributed by atoms with van der Waals surface area (Å²) in [5.74, 6) is 1.17. The summed E-state index contributed by atoms with van der Waals surface area (Å²) < 4.78 is 5.59. The molecular weight excluding hydrogens is 262 g/mol. The number of nitrogens with one attached hydrogen (secondary N) is 1. The maximum Gasteiger partial charge on any atom is 0.157 e. The normalized spacial score (nSPS) is 15.0. The van der Waals surface area contributed by atoms with E-state index in [4.69, 9.17) is 4.74 Å². The van der Waals surface area contributed by atoms with Crippen LogP contribution in [-0.2, 0) is 4.74 Å². The highest BCUT2D eigenvalue weighted by Crippen LogP contribution is 2.23. The van der Waals surface area contributed by atoms with Crippen LogP contribution < -0.4 is 5.32 Å². The van der Waals surface area contributed by atoms with Crippen LogP contribution in [0.4, 0.5) is 0 Å². The molecule has 0 spiro atoms. The fraction of sp³-hybridized carbons (Fsp3) is 0.765. The van der Waals surface area contributed by atoms with Crippen molar-refractivity contribution in [3.63, 3.8) is 0 Å². The van der Waals surface area contributed by atoms with Crippen LogP contribution >= 0.6 is 0 Å². The fourth-order valence-corrected chi connectivity index (χ4v) is 2.53. The summed E-state index contributed by atoms with van der Waals surface area (Å²) in [5, 5.41) is 3.55. The van der Waals surface area contributed by atoms with Gasteiger partial charge in [-0.3, -0.25) is 0 Å². The first-order chi connectivity index (χ1) is 9.65. The van der Waals surface area contributed by atoms with Crippen molar-refractivity contribution >= 4 is 0 Å². The molecule has 0 aliphatic heterocycles. The van der Waals surface area contributed by atoms with Crippen molar-refractivity contribution in [2.45, 2.75) is 73.0 Å². The van der Waals surface area contributed by atoms with Gasteiger partial charge in [0.15, 0.2) is 5.82 Å². The molecule has 1 N–H and O–H groups in total. The van der Waals surface area contributed by atoms with Crippen molar-refractivity contribution in [1.82, 2.24) is 15.3 Å². The van der Waals surface area contributed by atoms with Crippen LogP contribution in [0.3, 0.4) is 0 Å². The Hall–Kier alpha value is -1.00. The van der Waals surface area contributed by atoms with E-state index in [0.29, 0.717) is 12.5 Å². The molecule has 2 unspecified atom stereocenters. The molecule has 1 rings (SSSR count). The van der Waals surface area contributed by atoms with E-state index in [1.165, 1.54) is 5.56 Å². The van der Waals surface area contributed by atoms with Crippen LogP contribution in [0.1, 0.15) is 76.3 Å². The van der Waals surface area contributed by atoms with Gasteiger partial charge < -0.3 is 10.1 Å². The number of hydrogen-bond donors (Lipinski definition) is 1. The van der Waals surface area contributed by atoms with Gasteiger partial charge in [0.2, 0.25) is 0 Å². The van der Waals surface area contributed by atoms with Crippen LogP contribution in [-0.4, -0.2) is 28.7 Å². The van der Waals surface area contributed by atoms with Crippen LogP contribution in [0.2, 0.25) is 0 Å². The number of rotatable bonds is 6. The van der Waals surface area contributed by atoms with Crippen molar-refractivity contribution in [2.24, 2.45) is 0 Å². The van der Waals surface area contributed by atoms with Gasteiger partial charge in [0, 0.05) is 30.1 Å². The second-order valence-corrected chi connectivity index (χ2v) is 6.80. The van der Waals surface area contributed by atoms with E-state index in [1.807, 2.05) is 13.8 Å². The van der Waals surface area contributed by atoms with Gasteiger partial charge in [0.05, 0.1) is 0 Å². The molecule has 1 aromatic rings. The summed E-state index contributed by atoms with van der Waals surface area (Å²) in [4.78, 5) is 9.31. The minimum Gasteiger partial charge on any atom is -0.371 e. The molecule has 0 aliphatic carbocycles. The predicted octanol–water partition coefficient (Wildman–Crippen LogP) is 3.68. The van der Waals surface area contributed by atoms with Gasteiger partial charge in [-0.25, -0.2) is 9.97 Å². The van der Waals surface area contributed by atoms with E-state index in [1.54, 1.807) is 0 Å². The topological polar surface area (TPSA) is 47.0 Å². The zero-order valence-corrected chi connectivity index (χ0v) is 14.9. The summed E-state index contributed by atoms with van der Waals surface area (Å²) in [7, 11) is 0. The average Bonchev–Trinajstić information content (AvgIpc) is 2.35. The minimum absolute atomic E-state index is 0.0514. The summed E-state index contributed by atoms with van der Waals surface area (Å²) >= 11 is 0. The molecule has 1 heterocycles. The second kappa shape index (κ2) is 7.32. The highest BCUT2D eigenvalue weighted by atomic mass is 16.5. The summed E-state index contributed by atoms with van der Waals surface area (Å²) in [6.45, 7) is 18.5. The van der Waals surface area contributed by atoms with Crippen LogP contribution in [0, 0.1) is 13.8 Å². The molecule has 0 saturated carbocycles. The molecule has 0 aromatic carbocycles. The van der Waals surface area contributed by atoms with E-state index in [0.717, 1.165) is 23.8 Å². The highest BCUT2D eigenvalue weighted by molar-refractivity contribution is 5.28. The Kier molecular flexibility index (Phi) is 6.29. The van der Waals surface area contributed by atoms with Crippen molar-refractivity contribution in [3.05, 3.63) is 22.8 Å². The van der Waals surface area contributed by atoms with Gasteiger partial charge >= 0.3 is 0 Å². The predicted molar refractivity (Wildman–Crippen MR) is 87.7 cm³/mol. The Morgan fingerprint density at radius 1 is 1.10 bits per heavy atom. The molecule has 0 aliphatic rings. The van der Waals surface area contributed by atoms with Crippen molar-refractivity contribution < 1.29 is 4.74 Å². The van der Waals surface area contributed by atoms with Crippen LogP contribution in [0.5, 0.6) is 0 Å². The average molecular weight is 293 g/mol. The Morgan fingerprint density at radius 3 is 2.05 bits per heavy atom. The van der Waals surface area contributed by atoms with E-state index in [2.05, 4.69) is 56.8 Å². The molecule has 1 aromatic heterocycles. The molecule has 21 heavy (non-hydrogen) atoms. The van der Waals surface area contributed by atoms with Gasteiger partial charge in [-0.1, -0.05) is 6.92 Å². The number of ether oxygens (including phenoxy) is 1. The van der Waals surface area contributed by atoms with E-state index < -0.39 is 0 Å². The Bertz CT molecular complexity index is 443. The number of aromatic nitrogens is 2. The molecule has 0 radical (unpaired) electrons. The monoisotopic (exact) mass is 293 g/mol. The first-order valence-corrected chi connectivity index (χ1v) is 7.87. The Morgan fingerprint density at radius 2 is 1.62 bits per heavy atom. The third kappa shape index (κ3) is 5.36. The zero-order valence-electron chi connectivity index (χ0n) is 14.9. The maximum atomic E-state index is 5.59. The standard InChI is InChI=1S/C17H31N3O/c1-9-21-14(5)16-19-12(3)15(13(4)20-16)11(2)10-18-17(6,7)8/h11,14,18H,9-10H2,1-8H3. The SMILES string of the molecule is CCOC(C)c1nc(C)c(C(C)CNC(C)(C)C)c(C)n1. The zero-order chi connectivity index (χ0) is 16.2. The van der Waals surface area contributed by atoms with E-state index in [9.17, 15) is 0 Å². The summed E-state index contributed by atoms with van der Waals surface area (Å²) in [6, 6.07) is 0. The summed E-state index contributed by atoms with van der Waals surface area (Å²) in [5.41, 5.74) is 3.50. The molecule has 0 fully saturated rings. The lowest BCUT2D eigenvalue weighted by Gasteiger charge is -2.25. The number of aryl methyl sites for hydroxylation is 2. The molecule has 2 atom stereocenters. The van der Waals surface area contributed by atoms with Crippen LogP contribution in [0.15, 0.2) is 0 Å². The molecule has 0 bridgehead atoms. The van der Waals surface area contributed by atoms with E-state index >= 15 is 0 Å². The second-order valence-electron chi connectivity index (χ2n) is 6.80. The molecule has 4 heteroatoms. The number of hydrogen-bond acceptors (Lipinski definition) is 4. The van der Waals surface area contributed by atoms with Crippen LogP contribution in [0.25, 0.3) is 0 Å². The van der Waals surface area contributed by atoms with Gasteiger partial charge in [0.1, 0.15) is 6.10 Å². The first-order valence-electron chi connectivity index (χ1n) is 7.87. The van der Waals surface area contributed by atoms with Gasteiger partial charge in [-0.15, -0.1) is 0 Å². The third-order valence-electron chi connectivity index (χ3n) is 3.56. The Labute approximate surface area is 129 Å². The third-order valence-corrected chi connectivity index (χ3v) is 3.56. The first kappa shape index (κ1) is 18.1. The van der Waals surface area contributed by atoms with Crippen molar-refractivity contribution in [3.8, 4) is 0 Å². The summed E-state index contributed by atoms with van der Waals surface area (Å²) in [6.07, 6.45) is -0.0514. The van der Waals surface area contributed by atoms with Gasteiger partial charge in [0.25, 0.3) is 0 Å². The minimum atomic E-state index is -0.0514. The molecule has 4 nitrogen and oxygen atoms in total. The number of nitrogens with zero attached hydrogens (tertiary/aromatic N) is 2. The van der Waals surface area contributed by atoms with E-state index in [-0.39, 0.29) is 11.6 Å². The van der Waals surface area contributed by atoms with Gasteiger partial charge in [-0.2, -0.15) is 0 Å². The smallest absolute Gasteiger partial charge is 0.157 e. The lowest BCUT2D eigenvalue weighted by molar-refractivity contribution is 0.0697. The fourth-order valence-electron chi connectivity index (χ4n) is 2.53. The molecule has 120 valence electrons. The quantitative estimate of drug-likeness (QED) is 0.869. The van der Waals surface area contributed by atoms with Crippen molar-refractivity contribution in [1.29, 1.82) is 0 Å². The highest BCUT2D eigenvalue weighted by Gasteiger charge is 2.19. The van der Waals surface area contributed by atoms with Gasteiger partial charge in [-0.05, 0) is 59.9 Å². The lowest BCUT2D eigenvalue weighted by Crippen LogP contribution is -2.38. The molecule has 0 saturated heterocycles. The van der Waals surface area contributed by atoms with Crippen molar-refractivity contribution in [2.75, 3.05) is 13.2 Å². The molecular formula is C17H31N3O. The largest absolute Gasteiger partial charge is 0.371 e. The molecule has 0 amide bonds. The Balaban J connectivity index is 2.94. The maximum absolute atomic E-state index is 5.59. The lowest BCUT2D eigenvalue weighted by atomic mass is 9.96.